The summed E-state index contributed by atoms with van der Waals surface area (Å²) < 4.78 is 5.02. The molecule has 2 aromatic heterocycles. The topological polar surface area (TPSA) is 79.5 Å². The Morgan fingerprint density at radius 3 is 2.96 bits per heavy atom. The first kappa shape index (κ1) is 16.8. The molecular formula is C19H22N4O3. The molecule has 136 valence electrons. The lowest BCUT2D eigenvalue weighted by molar-refractivity contribution is -0.137. The van der Waals surface area contributed by atoms with Gasteiger partial charge in [-0.15, -0.1) is 0 Å². The fourth-order valence-corrected chi connectivity index (χ4v) is 4.22. The molecule has 0 N–H and O–H groups in total. The fourth-order valence-electron chi connectivity index (χ4n) is 4.22. The number of hydrogen-bond donors (Lipinski definition) is 0. The Labute approximate surface area is 152 Å². The van der Waals surface area contributed by atoms with E-state index < -0.39 is 5.41 Å². The number of pyridine rings is 1. The molecular weight excluding hydrogens is 332 g/mol. The van der Waals surface area contributed by atoms with E-state index in [0.29, 0.717) is 37.5 Å². The van der Waals surface area contributed by atoms with Crippen molar-refractivity contribution in [1.29, 1.82) is 0 Å². The summed E-state index contributed by atoms with van der Waals surface area (Å²) in [6.45, 7) is 6.12. The summed E-state index contributed by atoms with van der Waals surface area (Å²) in [7, 11) is 0. The number of rotatable bonds is 3. The molecule has 7 nitrogen and oxygen atoms in total. The van der Waals surface area contributed by atoms with Crippen LogP contribution in [0.5, 0.6) is 0 Å². The maximum atomic E-state index is 13.2. The van der Waals surface area contributed by atoms with Gasteiger partial charge in [0, 0.05) is 38.6 Å². The highest BCUT2D eigenvalue weighted by Crippen LogP contribution is 2.45. The van der Waals surface area contributed by atoms with Crippen LogP contribution < -0.4 is 0 Å². The quantitative estimate of drug-likeness (QED) is 0.841. The average molecular weight is 354 g/mol. The minimum Gasteiger partial charge on any atom is -0.361 e. The van der Waals surface area contributed by atoms with Gasteiger partial charge >= 0.3 is 0 Å². The Bertz CT molecular complexity index is 834. The molecule has 0 bridgehead atoms. The van der Waals surface area contributed by atoms with Crippen molar-refractivity contribution in [2.24, 2.45) is 11.3 Å². The summed E-state index contributed by atoms with van der Waals surface area (Å²) in [6.07, 6.45) is 5.76. The van der Waals surface area contributed by atoms with E-state index in [-0.39, 0.29) is 17.7 Å². The van der Waals surface area contributed by atoms with Gasteiger partial charge in [0.1, 0.15) is 11.3 Å². The Morgan fingerprint density at radius 1 is 1.42 bits per heavy atom. The van der Waals surface area contributed by atoms with Crippen LogP contribution in [-0.2, 0) is 11.3 Å². The molecule has 0 aliphatic carbocycles. The SMILES string of the molecule is Cc1oncc1C(=O)N1C[C@H](C)[C@]2(CCN(Cc3cccnc3)C2=O)C1. The van der Waals surface area contributed by atoms with E-state index in [1.807, 2.05) is 17.0 Å². The van der Waals surface area contributed by atoms with E-state index in [2.05, 4.69) is 17.1 Å². The van der Waals surface area contributed by atoms with Crippen molar-refractivity contribution in [3.8, 4) is 0 Å². The number of carbonyl (C=O) groups is 2. The normalized spacial score (nSPS) is 25.5. The zero-order chi connectivity index (χ0) is 18.3. The van der Waals surface area contributed by atoms with Gasteiger partial charge in [-0.3, -0.25) is 14.6 Å². The Hall–Kier alpha value is -2.70. The molecule has 2 aliphatic heterocycles. The highest BCUT2D eigenvalue weighted by Gasteiger charge is 2.56. The van der Waals surface area contributed by atoms with Gasteiger partial charge in [-0.1, -0.05) is 18.1 Å². The molecule has 1 spiro atoms. The standard InChI is InChI=1S/C19H22N4O3/c1-13-10-23(17(24)16-9-21-26-14(16)2)12-19(13)5-7-22(18(19)25)11-15-4-3-6-20-8-15/h3-4,6,8-9,13H,5,7,10-12H2,1-2H3/t13-,19-/m0/s1. The van der Waals surface area contributed by atoms with Crippen LogP contribution >= 0.6 is 0 Å². The molecule has 2 amide bonds. The van der Waals surface area contributed by atoms with Gasteiger partial charge in [0.25, 0.3) is 5.91 Å². The van der Waals surface area contributed by atoms with E-state index in [9.17, 15) is 9.59 Å². The summed E-state index contributed by atoms with van der Waals surface area (Å²) in [5, 5.41) is 3.69. The maximum Gasteiger partial charge on any atom is 0.259 e. The van der Waals surface area contributed by atoms with Gasteiger partial charge in [0.05, 0.1) is 11.6 Å². The zero-order valence-corrected chi connectivity index (χ0v) is 15.0. The molecule has 0 unspecified atom stereocenters. The van der Waals surface area contributed by atoms with Crippen molar-refractivity contribution in [2.45, 2.75) is 26.8 Å². The van der Waals surface area contributed by atoms with Crippen LogP contribution in [-0.4, -0.2) is 51.4 Å². The second-order valence-electron chi connectivity index (χ2n) is 7.38. The van der Waals surface area contributed by atoms with E-state index in [4.69, 9.17) is 4.52 Å². The molecule has 0 aromatic carbocycles. The molecule has 0 saturated carbocycles. The van der Waals surface area contributed by atoms with Crippen LogP contribution in [0.2, 0.25) is 0 Å². The van der Waals surface area contributed by atoms with Crippen molar-refractivity contribution < 1.29 is 14.1 Å². The molecule has 2 fully saturated rings. The highest BCUT2D eigenvalue weighted by molar-refractivity contribution is 5.96. The third-order valence-corrected chi connectivity index (χ3v) is 5.82. The van der Waals surface area contributed by atoms with Crippen molar-refractivity contribution >= 4 is 11.8 Å². The number of aromatic nitrogens is 2. The van der Waals surface area contributed by atoms with Crippen molar-refractivity contribution in [2.75, 3.05) is 19.6 Å². The lowest BCUT2D eigenvalue weighted by Crippen LogP contribution is -2.40. The molecule has 2 aliphatic rings. The third-order valence-electron chi connectivity index (χ3n) is 5.82. The Morgan fingerprint density at radius 2 is 2.27 bits per heavy atom. The van der Waals surface area contributed by atoms with Crippen LogP contribution in [0.1, 0.15) is 35.0 Å². The van der Waals surface area contributed by atoms with Crippen molar-refractivity contribution in [3.05, 3.63) is 47.6 Å². The molecule has 2 aromatic rings. The monoisotopic (exact) mass is 354 g/mol. The highest BCUT2D eigenvalue weighted by atomic mass is 16.5. The molecule has 7 heteroatoms. The molecule has 4 heterocycles. The molecule has 26 heavy (non-hydrogen) atoms. The number of amides is 2. The van der Waals surface area contributed by atoms with Crippen molar-refractivity contribution in [3.63, 3.8) is 0 Å². The fraction of sp³-hybridized carbons (Fsp3) is 0.474. The van der Waals surface area contributed by atoms with Gasteiger partial charge in [-0.05, 0) is 30.9 Å². The lowest BCUT2D eigenvalue weighted by atomic mass is 9.78. The number of carbonyl (C=O) groups excluding carboxylic acids is 2. The Balaban J connectivity index is 1.51. The second-order valence-corrected chi connectivity index (χ2v) is 7.38. The van der Waals surface area contributed by atoms with Crippen LogP contribution in [0.3, 0.4) is 0 Å². The first-order valence-electron chi connectivity index (χ1n) is 8.90. The predicted molar refractivity (Wildman–Crippen MR) is 93.0 cm³/mol. The largest absolute Gasteiger partial charge is 0.361 e. The number of likely N-dealkylation sites (tertiary alicyclic amines) is 2. The van der Waals surface area contributed by atoms with Crippen LogP contribution in [0.25, 0.3) is 0 Å². The van der Waals surface area contributed by atoms with Gasteiger partial charge in [-0.2, -0.15) is 0 Å². The van der Waals surface area contributed by atoms with E-state index in [0.717, 1.165) is 12.0 Å². The van der Waals surface area contributed by atoms with Gasteiger partial charge in [-0.25, -0.2) is 0 Å². The zero-order valence-electron chi connectivity index (χ0n) is 15.0. The summed E-state index contributed by atoms with van der Waals surface area (Å²) in [5.74, 6) is 0.676. The summed E-state index contributed by atoms with van der Waals surface area (Å²) in [5.41, 5.74) is 1.02. The molecule has 2 atom stereocenters. The first-order chi connectivity index (χ1) is 12.5. The lowest BCUT2D eigenvalue weighted by Gasteiger charge is -2.26. The second kappa shape index (κ2) is 6.23. The number of aryl methyl sites for hydroxylation is 1. The van der Waals surface area contributed by atoms with Gasteiger partial charge < -0.3 is 14.3 Å². The molecule has 4 rings (SSSR count). The summed E-state index contributed by atoms with van der Waals surface area (Å²) >= 11 is 0. The smallest absolute Gasteiger partial charge is 0.259 e. The molecule has 2 saturated heterocycles. The van der Waals surface area contributed by atoms with Crippen LogP contribution in [0, 0.1) is 18.3 Å². The Kier molecular flexibility index (Phi) is 4.01. The minimum absolute atomic E-state index is 0.106. The number of nitrogens with zero attached hydrogens (tertiary/aromatic N) is 4. The van der Waals surface area contributed by atoms with Crippen molar-refractivity contribution in [1.82, 2.24) is 19.9 Å². The minimum atomic E-state index is -0.483. The van der Waals surface area contributed by atoms with Gasteiger partial charge in [0.2, 0.25) is 5.91 Å². The van der Waals surface area contributed by atoms with E-state index in [1.165, 1.54) is 6.20 Å². The maximum absolute atomic E-state index is 13.2. The predicted octanol–water partition coefficient (Wildman–Crippen LogP) is 1.89. The third kappa shape index (κ3) is 2.58. The first-order valence-corrected chi connectivity index (χ1v) is 8.90. The van der Waals surface area contributed by atoms with Gasteiger partial charge in [0.15, 0.2) is 0 Å². The average Bonchev–Trinajstić information content (AvgIpc) is 3.30. The number of hydrogen-bond acceptors (Lipinski definition) is 5. The molecule has 0 radical (unpaired) electrons. The summed E-state index contributed by atoms with van der Waals surface area (Å²) in [6, 6.07) is 3.86. The van der Waals surface area contributed by atoms with E-state index >= 15 is 0 Å². The summed E-state index contributed by atoms with van der Waals surface area (Å²) in [4.78, 5) is 33.8. The van der Waals surface area contributed by atoms with Crippen LogP contribution in [0.4, 0.5) is 0 Å². The van der Waals surface area contributed by atoms with Crippen LogP contribution in [0.15, 0.2) is 35.2 Å². The van der Waals surface area contributed by atoms with E-state index in [1.54, 1.807) is 24.2 Å².